The highest BCUT2D eigenvalue weighted by molar-refractivity contribution is 5.99. The number of rotatable bonds is 6. The van der Waals surface area contributed by atoms with Gasteiger partial charge in [0, 0.05) is 24.3 Å². The second-order valence-electron chi connectivity index (χ2n) is 7.37. The van der Waals surface area contributed by atoms with Gasteiger partial charge in [-0.3, -0.25) is 9.78 Å². The van der Waals surface area contributed by atoms with Gasteiger partial charge in [-0.25, -0.2) is 0 Å². The first-order chi connectivity index (χ1) is 14.7. The van der Waals surface area contributed by atoms with Crippen LogP contribution in [-0.4, -0.2) is 31.1 Å². The maximum Gasteiger partial charge on any atom is 0.387 e. The van der Waals surface area contributed by atoms with E-state index in [-0.39, 0.29) is 23.8 Å². The highest BCUT2D eigenvalue weighted by Gasteiger charge is 2.18. The van der Waals surface area contributed by atoms with E-state index >= 15 is 0 Å². The minimum Gasteiger partial charge on any atom is -0.435 e. The third-order valence-electron chi connectivity index (χ3n) is 4.86. The number of carbonyl (C=O) groups excluding carboxylic acids is 1. The van der Waals surface area contributed by atoms with Crippen molar-refractivity contribution in [2.75, 3.05) is 23.8 Å². The highest BCUT2D eigenvalue weighted by Crippen LogP contribution is 2.32. The summed E-state index contributed by atoms with van der Waals surface area (Å²) >= 11 is 0. The van der Waals surface area contributed by atoms with E-state index in [1.807, 2.05) is 32.9 Å². The third-order valence-corrected chi connectivity index (χ3v) is 4.86. The summed E-state index contributed by atoms with van der Waals surface area (Å²) in [6, 6.07) is 10.3. The Bertz CT molecular complexity index is 1170. The van der Waals surface area contributed by atoms with Crippen LogP contribution in [0.25, 0.3) is 10.9 Å². The molecule has 0 aliphatic carbocycles. The van der Waals surface area contributed by atoms with Crippen LogP contribution in [0.2, 0.25) is 0 Å². The molecule has 0 radical (unpaired) electrons. The molecule has 0 saturated carbocycles. The van der Waals surface area contributed by atoms with Crippen LogP contribution in [0.15, 0.2) is 36.5 Å². The number of halogens is 2. The molecule has 1 aromatic heterocycles. The zero-order valence-electron chi connectivity index (χ0n) is 17.7. The second kappa shape index (κ2) is 8.96. The lowest BCUT2D eigenvalue weighted by atomic mass is 10.1. The van der Waals surface area contributed by atoms with Gasteiger partial charge in [-0.05, 0) is 50.1 Å². The van der Waals surface area contributed by atoms with Gasteiger partial charge in [0.05, 0.1) is 23.3 Å². The number of carbonyl (C=O) groups is 1. The number of hydrogen-bond acceptors (Lipinski definition) is 5. The summed E-state index contributed by atoms with van der Waals surface area (Å²) in [5, 5.41) is 12.9. The number of alkyl halides is 2. The van der Waals surface area contributed by atoms with E-state index in [2.05, 4.69) is 21.1 Å². The SMILES string of the molecule is Cc1cc(C)c(NC(=O)CN(C)c2c(C#N)cnc3ccc(OC(F)F)cc23)c(C)c1. The number of nitrogens with one attached hydrogen (secondary N) is 1. The van der Waals surface area contributed by atoms with Gasteiger partial charge >= 0.3 is 6.61 Å². The first kappa shape index (κ1) is 22.0. The van der Waals surface area contributed by atoms with Crippen LogP contribution < -0.4 is 15.0 Å². The number of ether oxygens (including phenoxy) is 1. The average Bonchev–Trinajstić information content (AvgIpc) is 2.69. The molecule has 3 rings (SSSR count). The molecule has 0 fully saturated rings. The van der Waals surface area contributed by atoms with Gasteiger partial charge in [-0.1, -0.05) is 17.7 Å². The van der Waals surface area contributed by atoms with Crippen molar-refractivity contribution in [3.8, 4) is 11.8 Å². The van der Waals surface area contributed by atoms with Crippen molar-refractivity contribution in [2.45, 2.75) is 27.4 Å². The zero-order chi connectivity index (χ0) is 22.7. The quantitative estimate of drug-likeness (QED) is 0.620. The van der Waals surface area contributed by atoms with Gasteiger partial charge in [-0.2, -0.15) is 14.0 Å². The molecule has 3 aromatic rings. The van der Waals surface area contributed by atoms with E-state index in [0.29, 0.717) is 16.6 Å². The Morgan fingerprint density at radius 1 is 1.23 bits per heavy atom. The third kappa shape index (κ3) is 4.89. The molecule has 0 spiro atoms. The van der Waals surface area contributed by atoms with Crippen LogP contribution in [-0.2, 0) is 4.79 Å². The summed E-state index contributed by atoms with van der Waals surface area (Å²) in [4.78, 5) is 18.6. The molecule has 0 aliphatic heterocycles. The lowest BCUT2D eigenvalue weighted by molar-refractivity contribution is -0.114. The molecular formula is C23H22F2N4O2. The van der Waals surface area contributed by atoms with Crippen molar-refractivity contribution in [1.29, 1.82) is 5.26 Å². The Balaban J connectivity index is 1.93. The molecule has 160 valence electrons. The van der Waals surface area contributed by atoms with E-state index in [4.69, 9.17) is 0 Å². The number of fused-ring (bicyclic) bond motifs is 1. The number of aryl methyl sites for hydroxylation is 3. The molecule has 2 aromatic carbocycles. The van der Waals surface area contributed by atoms with Crippen molar-refractivity contribution in [3.05, 3.63) is 58.8 Å². The molecule has 0 atom stereocenters. The fourth-order valence-corrected chi connectivity index (χ4v) is 3.68. The second-order valence-corrected chi connectivity index (χ2v) is 7.37. The van der Waals surface area contributed by atoms with E-state index in [1.54, 1.807) is 11.9 Å². The van der Waals surface area contributed by atoms with Crippen LogP contribution in [0.1, 0.15) is 22.3 Å². The van der Waals surface area contributed by atoms with Crippen LogP contribution in [0, 0.1) is 32.1 Å². The van der Waals surface area contributed by atoms with Crippen LogP contribution in [0.5, 0.6) is 5.75 Å². The molecule has 0 saturated heterocycles. The fraction of sp³-hybridized carbons (Fsp3) is 0.261. The van der Waals surface area contributed by atoms with Crippen LogP contribution in [0.4, 0.5) is 20.2 Å². The smallest absolute Gasteiger partial charge is 0.387 e. The van der Waals surface area contributed by atoms with Gasteiger partial charge in [0.25, 0.3) is 0 Å². The molecule has 1 heterocycles. The molecule has 8 heteroatoms. The Labute approximate surface area is 179 Å². The van der Waals surface area contributed by atoms with Gasteiger partial charge in [0.15, 0.2) is 0 Å². The lowest BCUT2D eigenvalue weighted by Gasteiger charge is -2.22. The van der Waals surface area contributed by atoms with Crippen molar-refractivity contribution < 1.29 is 18.3 Å². The summed E-state index contributed by atoms with van der Waals surface area (Å²) in [6.07, 6.45) is 1.40. The fourth-order valence-electron chi connectivity index (χ4n) is 3.68. The minimum absolute atomic E-state index is 0.0515. The highest BCUT2D eigenvalue weighted by atomic mass is 19.3. The van der Waals surface area contributed by atoms with Gasteiger partial charge in [0.2, 0.25) is 5.91 Å². The predicted molar refractivity (Wildman–Crippen MR) is 116 cm³/mol. The molecule has 6 nitrogen and oxygen atoms in total. The molecule has 0 unspecified atom stereocenters. The summed E-state index contributed by atoms with van der Waals surface area (Å²) in [5.41, 5.74) is 4.89. The topological polar surface area (TPSA) is 78.3 Å². The maximum atomic E-state index is 12.8. The van der Waals surface area contributed by atoms with E-state index in [1.165, 1.54) is 24.4 Å². The number of amides is 1. The molecule has 1 amide bonds. The summed E-state index contributed by atoms with van der Waals surface area (Å²) in [5.74, 6) is -0.323. The maximum absolute atomic E-state index is 12.8. The van der Waals surface area contributed by atoms with Crippen molar-refractivity contribution >= 4 is 28.2 Å². The number of hydrogen-bond donors (Lipinski definition) is 1. The number of anilines is 2. The molecule has 31 heavy (non-hydrogen) atoms. The normalized spacial score (nSPS) is 10.8. The summed E-state index contributed by atoms with van der Waals surface area (Å²) in [6.45, 7) is 2.81. The molecular weight excluding hydrogens is 402 g/mol. The first-order valence-corrected chi connectivity index (χ1v) is 9.56. The standard InChI is InChI=1S/C23H22F2N4O2/c1-13-7-14(2)21(15(3)8-13)28-20(30)12-29(4)22-16(10-26)11-27-19-6-5-17(9-18(19)22)31-23(24)25/h5-9,11,23H,12H2,1-4H3,(H,28,30). The Morgan fingerprint density at radius 2 is 1.90 bits per heavy atom. The molecule has 1 N–H and O–H groups in total. The van der Waals surface area contributed by atoms with Gasteiger partial charge < -0.3 is 15.0 Å². The summed E-state index contributed by atoms with van der Waals surface area (Å²) < 4.78 is 29.8. The number of aromatic nitrogens is 1. The van der Waals surface area contributed by atoms with Crippen molar-refractivity contribution in [2.24, 2.45) is 0 Å². The first-order valence-electron chi connectivity index (χ1n) is 9.56. The van der Waals surface area contributed by atoms with Gasteiger partial charge in [0.1, 0.15) is 11.8 Å². The largest absolute Gasteiger partial charge is 0.435 e. The number of benzene rings is 2. The number of pyridine rings is 1. The van der Waals surface area contributed by atoms with Crippen LogP contribution >= 0.6 is 0 Å². The molecule has 0 aliphatic rings. The Morgan fingerprint density at radius 3 is 2.52 bits per heavy atom. The van der Waals surface area contributed by atoms with E-state index in [9.17, 15) is 18.8 Å². The van der Waals surface area contributed by atoms with Crippen molar-refractivity contribution in [3.63, 3.8) is 0 Å². The minimum atomic E-state index is -2.97. The predicted octanol–water partition coefficient (Wildman–Crippen LogP) is 4.71. The van der Waals surface area contributed by atoms with Gasteiger partial charge in [-0.15, -0.1) is 0 Å². The van der Waals surface area contributed by atoms with E-state index < -0.39 is 6.61 Å². The lowest BCUT2D eigenvalue weighted by Crippen LogP contribution is -2.31. The zero-order valence-corrected chi connectivity index (χ0v) is 17.7. The number of likely N-dealkylation sites (N-methyl/N-ethyl adjacent to an activating group) is 1. The Kier molecular flexibility index (Phi) is 6.35. The molecule has 0 bridgehead atoms. The monoisotopic (exact) mass is 424 g/mol. The van der Waals surface area contributed by atoms with E-state index in [0.717, 1.165) is 22.4 Å². The number of nitriles is 1. The van der Waals surface area contributed by atoms with Crippen LogP contribution in [0.3, 0.4) is 0 Å². The Hall–Kier alpha value is -3.73. The van der Waals surface area contributed by atoms with Crippen molar-refractivity contribution in [1.82, 2.24) is 4.98 Å². The average molecular weight is 424 g/mol. The summed E-state index contributed by atoms with van der Waals surface area (Å²) in [7, 11) is 1.66. The number of nitrogens with zero attached hydrogens (tertiary/aromatic N) is 3.